The number of anilines is 1. The van der Waals surface area contributed by atoms with Crippen LogP contribution in [0.5, 0.6) is 5.75 Å². The number of allylic oxidation sites excluding steroid dienone is 1. The Balaban J connectivity index is 1.82. The first-order valence-corrected chi connectivity index (χ1v) is 8.04. The predicted molar refractivity (Wildman–Crippen MR) is 90.1 cm³/mol. The van der Waals surface area contributed by atoms with Gasteiger partial charge in [-0.2, -0.15) is 0 Å². The lowest BCUT2D eigenvalue weighted by molar-refractivity contribution is -0.118. The monoisotopic (exact) mass is 316 g/mol. The molecule has 5 heteroatoms. The zero-order valence-corrected chi connectivity index (χ0v) is 13.5. The molecule has 23 heavy (non-hydrogen) atoms. The molecule has 0 heterocycles. The van der Waals surface area contributed by atoms with E-state index in [0.29, 0.717) is 5.75 Å². The summed E-state index contributed by atoms with van der Waals surface area (Å²) in [5, 5.41) is 2.86. The van der Waals surface area contributed by atoms with Crippen molar-refractivity contribution in [3.8, 4) is 5.75 Å². The molecule has 5 nitrogen and oxygen atoms in total. The van der Waals surface area contributed by atoms with Crippen molar-refractivity contribution in [3.05, 3.63) is 35.9 Å². The standard InChI is InChI=1S/C18H24N2O3/c1-13-2-4-14(5-3-13)12-18(22)20-15-6-8-16(9-7-15)23-11-10-17(19)21/h6-9,12-13H,2-5,10-11H2,1H3,(H2,19,21)(H,20,22). The maximum absolute atomic E-state index is 12.0. The molecule has 1 aromatic carbocycles. The van der Waals surface area contributed by atoms with Gasteiger partial charge >= 0.3 is 0 Å². The van der Waals surface area contributed by atoms with Crippen molar-refractivity contribution in [1.29, 1.82) is 0 Å². The quantitative estimate of drug-likeness (QED) is 0.792. The minimum atomic E-state index is -0.390. The van der Waals surface area contributed by atoms with Gasteiger partial charge in [-0.3, -0.25) is 9.59 Å². The smallest absolute Gasteiger partial charge is 0.248 e. The molecular formula is C18H24N2O3. The summed E-state index contributed by atoms with van der Waals surface area (Å²) in [6.45, 7) is 2.51. The lowest BCUT2D eigenvalue weighted by Crippen LogP contribution is -2.14. The zero-order valence-electron chi connectivity index (χ0n) is 13.5. The number of benzene rings is 1. The molecule has 1 saturated carbocycles. The third-order valence-corrected chi connectivity index (χ3v) is 3.99. The zero-order chi connectivity index (χ0) is 16.7. The van der Waals surface area contributed by atoms with Gasteiger partial charge in [0.1, 0.15) is 5.75 Å². The third kappa shape index (κ3) is 6.14. The number of nitrogens with two attached hydrogens (primary N) is 1. The van der Waals surface area contributed by atoms with Gasteiger partial charge in [-0.05, 0) is 55.9 Å². The van der Waals surface area contributed by atoms with E-state index in [2.05, 4.69) is 12.2 Å². The third-order valence-electron chi connectivity index (χ3n) is 3.99. The number of carbonyl (C=O) groups excluding carboxylic acids is 2. The molecule has 1 aromatic rings. The van der Waals surface area contributed by atoms with E-state index in [9.17, 15) is 9.59 Å². The van der Waals surface area contributed by atoms with Crippen LogP contribution in [-0.4, -0.2) is 18.4 Å². The Hall–Kier alpha value is -2.30. The van der Waals surface area contributed by atoms with E-state index in [-0.39, 0.29) is 24.8 Å². The van der Waals surface area contributed by atoms with E-state index in [0.717, 1.165) is 37.3 Å². The number of hydrogen-bond donors (Lipinski definition) is 2. The van der Waals surface area contributed by atoms with Gasteiger partial charge in [-0.15, -0.1) is 0 Å². The molecule has 1 aliphatic carbocycles. The van der Waals surface area contributed by atoms with Gasteiger partial charge in [0, 0.05) is 11.8 Å². The molecule has 2 rings (SSSR count). The Morgan fingerprint density at radius 2 is 1.91 bits per heavy atom. The first kappa shape index (κ1) is 17.1. The second-order valence-corrected chi connectivity index (χ2v) is 6.06. The van der Waals surface area contributed by atoms with Crippen LogP contribution in [0.25, 0.3) is 0 Å². The van der Waals surface area contributed by atoms with E-state index < -0.39 is 0 Å². The van der Waals surface area contributed by atoms with Crippen LogP contribution < -0.4 is 15.8 Å². The molecular weight excluding hydrogens is 292 g/mol. The molecule has 2 amide bonds. The van der Waals surface area contributed by atoms with Crippen LogP contribution in [0.1, 0.15) is 39.0 Å². The summed E-state index contributed by atoms with van der Waals surface area (Å²) >= 11 is 0. The highest BCUT2D eigenvalue weighted by molar-refractivity contribution is 5.99. The van der Waals surface area contributed by atoms with Crippen molar-refractivity contribution in [2.75, 3.05) is 11.9 Å². The van der Waals surface area contributed by atoms with E-state index in [1.54, 1.807) is 30.3 Å². The average Bonchev–Trinajstić information content (AvgIpc) is 2.51. The topological polar surface area (TPSA) is 81.4 Å². The lowest BCUT2D eigenvalue weighted by Gasteiger charge is -2.19. The maximum Gasteiger partial charge on any atom is 0.248 e. The summed E-state index contributed by atoms with van der Waals surface area (Å²) in [6, 6.07) is 7.07. The Labute approximate surface area is 136 Å². The number of rotatable bonds is 6. The SMILES string of the molecule is CC1CCC(=CC(=O)Nc2ccc(OCCC(N)=O)cc2)CC1. The Bertz CT molecular complexity index is 568. The van der Waals surface area contributed by atoms with E-state index in [1.165, 1.54) is 5.57 Å². The lowest BCUT2D eigenvalue weighted by atomic mass is 9.87. The number of carbonyl (C=O) groups is 2. The molecule has 124 valence electrons. The van der Waals surface area contributed by atoms with Crippen LogP contribution in [0.2, 0.25) is 0 Å². The van der Waals surface area contributed by atoms with Crippen molar-refractivity contribution in [2.45, 2.75) is 39.0 Å². The molecule has 0 bridgehead atoms. The maximum atomic E-state index is 12.0. The van der Waals surface area contributed by atoms with Crippen LogP contribution in [0, 0.1) is 5.92 Å². The molecule has 1 aliphatic rings. The average molecular weight is 316 g/mol. The van der Waals surface area contributed by atoms with Crippen molar-refractivity contribution >= 4 is 17.5 Å². The van der Waals surface area contributed by atoms with Crippen molar-refractivity contribution in [1.82, 2.24) is 0 Å². The number of primary amides is 1. The summed E-state index contributed by atoms with van der Waals surface area (Å²) < 4.78 is 5.38. The number of amides is 2. The molecule has 0 atom stereocenters. The Kier molecular flexibility index (Phi) is 6.20. The predicted octanol–water partition coefficient (Wildman–Crippen LogP) is 3.02. The fraction of sp³-hybridized carbons (Fsp3) is 0.444. The molecule has 0 unspecified atom stereocenters. The highest BCUT2D eigenvalue weighted by atomic mass is 16.5. The summed E-state index contributed by atoms with van der Waals surface area (Å²) in [4.78, 5) is 22.7. The fourth-order valence-corrected chi connectivity index (χ4v) is 2.54. The van der Waals surface area contributed by atoms with Gasteiger partial charge in [-0.1, -0.05) is 12.5 Å². The fourth-order valence-electron chi connectivity index (χ4n) is 2.54. The first-order valence-electron chi connectivity index (χ1n) is 8.04. The number of ether oxygens (including phenoxy) is 1. The number of nitrogens with one attached hydrogen (secondary N) is 1. The molecule has 0 saturated heterocycles. The van der Waals surface area contributed by atoms with Crippen molar-refractivity contribution < 1.29 is 14.3 Å². The van der Waals surface area contributed by atoms with Crippen LogP contribution in [0.3, 0.4) is 0 Å². The molecule has 0 aliphatic heterocycles. The van der Waals surface area contributed by atoms with Gasteiger partial charge in [0.25, 0.3) is 0 Å². The summed E-state index contributed by atoms with van der Waals surface area (Å²) in [6.07, 6.45) is 6.27. The highest BCUT2D eigenvalue weighted by Crippen LogP contribution is 2.27. The second-order valence-electron chi connectivity index (χ2n) is 6.06. The molecule has 0 radical (unpaired) electrons. The van der Waals surface area contributed by atoms with Gasteiger partial charge in [0.05, 0.1) is 13.0 Å². The molecule has 1 fully saturated rings. The van der Waals surface area contributed by atoms with E-state index >= 15 is 0 Å². The highest BCUT2D eigenvalue weighted by Gasteiger charge is 2.13. The minimum Gasteiger partial charge on any atom is -0.493 e. The van der Waals surface area contributed by atoms with Gasteiger partial charge in [0.15, 0.2) is 0 Å². The van der Waals surface area contributed by atoms with Gasteiger partial charge < -0.3 is 15.8 Å². The van der Waals surface area contributed by atoms with Crippen LogP contribution in [0.15, 0.2) is 35.9 Å². The molecule has 0 spiro atoms. The van der Waals surface area contributed by atoms with Gasteiger partial charge in [0.2, 0.25) is 11.8 Å². The van der Waals surface area contributed by atoms with Gasteiger partial charge in [-0.25, -0.2) is 0 Å². The van der Waals surface area contributed by atoms with Crippen molar-refractivity contribution in [3.63, 3.8) is 0 Å². The van der Waals surface area contributed by atoms with Crippen LogP contribution >= 0.6 is 0 Å². The summed E-state index contributed by atoms with van der Waals surface area (Å²) in [5.74, 6) is 0.928. The minimum absolute atomic E-state index is 0.0862. The number of hydrogen-bond acceptors (Lipinski definition) is 3. The Morgan fingerprint density at radius 3 is 2.52 bits per heavy atom. The largest absolute Gasteiger partial charge is 0.493 e. The summed E-state index contributed by atoms with van der Waals surface area (Å²) in [5.41, 5.74) is 7.00. The normalized spacial score (nSPS) is 17.4. The molecule has 3 N–H and O–H groups in total. The van der Waals surface area contributed by atoms with Crippen LogP contribution in [0.4, 0.5) is 5.69 Å². The van der Waals surface area contributed by atoms with Crippen LogP contribution in [-0.2, 0) is 9.59 Å². The first-order chi connectivity index (χ1) is 11.0. The molecule has 0 aromatic heterocycles. The van der Waals surface area contributed by atoms with Crippen molar-refractivity contribution in [2.24, 2.45) is 11.7 Å². The van der Waals surface area contributed by atoms with E-state index in [1.807, 2.05) is 0 Å². The van der Waals surface area contributed by atoms with E-state index in [4.69, 9.17) is 10.5 Å². The Morgan fingerprint density at radius 1 is 1.26 bits per heavy atom. The second kappa shape index (κ2) is 8.36. The summed E-state index contributed by atoms with van der Waals surface area (Å²) in [7, 11) is 0.